The highest BCUT2D eigenvalue weighted by atomic mass is 79.9. The number of hydrogen-bond acceptors (Lipinski definition) is 5. The molecule has 7 heteroatoms. The first-order chi connectivity index (χ1) is 16.5. The van der Waals surface area contributed by atoms with E-state index in [1.54, 1.807) is 12.3 Å². The Morgan fingerprint density at radius 3 is 2.82 bits per heavy atom. The lowest BCUT2D eigenvalue weighted by molar-refractivity contribution is 0.173. The van der Waals surface area contributed by atoms with E-state index in [4.69, 9.17) is 4.98 Å². The summed E-state index contributed by atoms with van der Waals surface area (Å²) in [6, 6.07) is 16.0. The molecule has 2 aromatic carbocycles. The van der Waals surface area contributed by atoms with Crippen molar-refractivity contribution in [2.75, 3.05) is 25.0 Å². The molecule has 0 saturated carbocycles. The number of benzene rings is 2. The standard InChI is InChI=1S/C27H30BrN5O/c1-18-9-10-21(19(2)12-18)17-32-11-5-6-20(16-32)14-29-26-13-24(22-7-3-4-8-25(22)34)31-27-23(28)15-30-33(26)27/h3-4,7-10,12-13,15,20,29,34H,5-6,11,14,16-17H2,1-2H3. The van der Waals surface area contributed by atoms with Crippen LogP contribution < -0.4 is 5.32 Å². The predicted octanol–water partition coefficient (Wildman–Crippen LogP) is 5.81. The van der Waals surface area contributed by atoms with Crippen LogP contribution in [0.15, 0.2) is 59.2 Å². The van der Waals surface area contributed by atoms with Crippen LogP contribution in [0.3, 0.4) is 0 Å². The van der Waals surface area contributed by atoms with Crippen molar-refractivity contribution in [3.05, 3.63) is 75.9 Å². The monoisotopic (exact) mass is 519 g/mol. The summed E-state index contributed by atoms with van der Waals surface area (Å²) in [5.41, 5.74) is 6.26. The molecule has 1 fully saturated rings. The minimum absolute atomic E-state index is 0.218. The fourth-order valence-corrected chi connectivity index (χ4v) is 5.21. The molecule has 34 heavy (non-hydrogen) atoms. The van der Waals surface area contributed by atoms with E-state index in [1.807, 2.05) is 28.8 Å². The maximum atomic E-state index is 10.4. The average molecular weight is 520 g/mol. The maximum absolute atomic E-state index is 10.4. The van der Waals surface area contributed by atoms with Gasteiger partial charge in [0.2, 0.25) is 0 Å². The third-order valence-electron chi connectivity index (χ3n) is 6.68. The van der Waals surface area contributed by atoms with Gasteiger partial charge in [0.1, 0.15) is 11.6 Å². The van der Waals surface area contributed by atoms with Crippen LogP contribution in [0.2, 0.25) is 0 Å². The Kier molecular flexibility index (Phi) is 6.57. The molecule has 2 N–H and O–H groups in total. The lowest BCUT2D eigenvalue weighted by atomic mass is 9.96. The third kappa shape index (κ3) is 4.81. The van der Waals surface area contributed by atoms with E-state index < -0.39 is 0 Å². The summed E-state index contributed by atoms with van der Waals surface area (Å²) < 4.78 is 2.65. The number of aromatic nitrogens is 3. The number of aryl methyl sites for hydroxylation is 2. The maximum Gasteiger partial charge on any atom is 0.172 e. The van der Waals surface area contributed by atoms with Crippen molar-refractivity contribution in [2.24, 2.45) is 5.92 Å². The molecule has 1 atom stereocenters. The van der Waals surface area contributed by atoms with Crippen LogP contribution in [0.5, 0.6) is 5.75 Å². The van der Waals surface area contributed by atoms with E-state index >= 15 is 0 Å². The Morgan fingerprint density at radius 1 is 1.15 bits per heavy atom. The zero-order valence-electron chi connectivity index (χ0n) is 19.6. The topological polar surface area (TPSA) is 65.7 Å². The van der Waals surface area contributed by atoms with E-state index in [9.17, 15) is 5.11 Å². The number of piperidine rings is 1. The molecule has 176 valence electrons. The fourth-order valence-electron chi connectivity index (χ4n) is 4.86. The van der Waals surface area contributed by atoms with Gasteiger partial charge in [-0.15, -0.1) is 0 Å². The average Bonchev–Trinajstić information content (AvgIpc) is 3.21. The number of para-hydroxylation sites is 1. The summed E-state index contributed by atoms with van der Waals surface area (Å²) in [5.74, 6) is 1.64. The predicted molar refractivity (Wildman–Crippen MR) is 140 cm³/mol. The molecule has 1 aliphatic rings. The Bertz CT molecular complexity index is 1320. The molecular weight excluding hydrogens is 490 g/mol. The summed E-state index contributed by atoms with van der Waals surface area (Å²) in [5, 5.41) is 18.5. The zero-order valence-corrected chi connectivity index (χ0v) is 21.2. The van der Waals surface area contributed by atoms with E-state index in [1.165, 1.54) is 29.5 Å². The highest BCUT2D eigenvalue weighted by Crippen LogP contribution is 2.31. The number of likely N-dealkylation sites (tertiary alicyclic amines) is 1. The van der Waals surface area contributed by atoms with Crippen molar-refractivity contribution in [1.29, 1.82) is 0 Å². The zero-order chi connectivity index (χ0) is 23.7. The van der Waals surface area contributed by atoms with E-state index in [-0.39, 0.29) is 5.75 Å². The van der Waals surface area contributed by atoms with Gasteiger partial charge in [0, 0.05) is 31.3 Å². The number of phenols is 1. The second-order valence-corrected chi connectivity index (χ2v) is 10.2. The minimum atomic E-state index is 0.218. The molecule has 6 nitrogen and oxygen atoms in total. The first kappa shape index (κ1) is 22.9. The number of nitrogens with one attached hydrogen (secondary N) is 1. The van der Waals surface area contributed by atoms with Crippen LogP contribution in [0.1, 0.15) is 29.5 Å². The first-order valence-electron chi connectivity index (χ1n) is 11.8. The SMILES string of the molecule is Cc1ccc(CN2CCCC(CNc3cc(-c4ccccc4O)nc4c(Br)cnn34)C2)c(C)c1. The quantitative estimate of drug-likeness (QED) is 0.336. The molecule has 1 aliphatic heterocycles. The molecule has 4 aromatic rings. The number of halogens is 1. The Labute approximate surface area is 208 Å². The van der Waals surface area contributed by atoms with Gasteiger partial charge in [-0.2, -0.15) is 9.61 Å². The van der Waals surface area contributed by atoms with Crippen molar-refractivity contribution in [3.63, 3.8) is 0 Å². The number of rotatable bonds is 6. The Balaban J connectivity index is 1.33. The fraction of sp³-hybridized carbons (Fsp3) is 0.333. The number of hydrogen-bond donors (Lipinski definition) is 2. The lowest BCUT2D eigenvalue weighted by Gasteiger charge is -2.33. The van der Waals surface area contributed by atoms with Crippen molar-refractivity contribution >= 4 is 27.4 Å². The summed E-state index contributed by atoms with van der Waals surface area (Å²) in [6.45, 7) is 8.45. The van der Waals surface area contributed by atoms with Crippen LogP contribution in [0.25, 0.3) is 16.9 Å². The molecule has 1 unspecified atom stereocenters. The molecule has 2 aromatic heterocycles. The molecule has 1 saturated heterocycles. The molecule has 0 bridgehead atoms. The largest absolute Gasteiger partial charge is 0.507 e. The second-order valence-electron chi connectivity index (χ2n) is 9.33. The van der Waals surface area contributed by atoms with Crippen LogP contribution in [0, 0.1) is 19.8 Å². The van der Waals surface area contributed by atoms with Gasteiger partial charge in [-0.1, -0.05) is 35.9 Å². The molecule has 3 heterocycles. The van der Waals surface area contributed by atoms with E-state index in [2.05, 4.69) is 63.3 Å². The molecule has 0 radical (unpaired) electrons. The number of phenolic OH excluding ortho intramolecular Hbond substituents is 1. The summed E-state index contributed by atoms with van der Waals surface area (Å²) in [6.07, 6.45) is 4.17. The van der Waals surface area contributed by atoms with Gasteiger partial charge in [0.25, 0.3) is 0 Å². The highest BCUT2D eigenvalue weighted by Gasteiger charge is 2.21. The van der Waals surface area contributed by atoms with Crippen molar-refractivity contribution < 1.29 is 5.11 Å². The number of nitrogens with zero attached hydrogens (tertiary/aromatic N) is 4. The normalized spacial score (nSPS) is 16.7. The summed E-state index contributed by atoms with van der Waals surface area (Å²) >= 11 is 3.56. The number of fused-ring (bicyclic) bond motifs is 1. The molecule has 0 aliphatic carbocycles. The van der Waals surface area contributed by atoms with Crippen LogP contribution in [-0.4, -0.2) is 44.2 Å². The van der Waals surface area contributed by atoms with Gasteiger partial charge in [0.15, 0.2) is 5.65 Å². The van der Waals surface area contributed by atoms with Gasteiger partial charge in [-0.05, 0) is 78.3 Å². The Hall–Kier alpha value is -2.90. The van der Waals surface area contributed by atoms with Gasteiger partial charge in [-0.3, -0.25) is 4.90 Å². The highest BCUT2D eigenvalue weighted by molar-refractivity contribution is 9.10. The van der Waals surface area contributed by atoms with Gasteiger partial charge in [-0.25, -0.2) is 4.98 Å². The van der Waals surface area contributed by atoms with E-state index in [0.29, 0.717) is 11.5 Å². The van der Waals surface area contributed by atoms with Gasteiger partial charge < -0.3 is 10.4 Å². The summed E-state index contributed by atoms with van der Waals surface area (Å²) in [4.78, 5) is 7.32. The van der Waals surface area contributed by atoms with Crippen molar-refractivity contribution in [2.45, 2.75) is 33.2 Å². The summed E-state index contributed by atoms with van der Waals surface area (Å²) in [7, 11) is 0. The van der Waals surface area contributed by atoms with Crippen LogP contribution in [-0.2, 0) is 6.54 Å². The first-order valence-corrected chi connectivity index (χ1v) is 12.6. The molecule has 5 rings (SSSR count). The number of anilines is 1. The lowest BCUT2D eigenvalue weighted by Crippen LogP contribution is -2.37. The minimum Gasteiger partial charge on any atom is -0.507 e. The van der Waals surface area contributed by atoms with Gasteiger partial charge >= 0.3 is 0 Å². The van der Waals surface area contributed by atoms with Crippen LogP contribution in [0.4, 0.5) is 5.82 Å². The van der Waals surface area contributed by atoms with Crippen molar-refractivity contribution in [3.8, 4) is 17.0 Å². The third-order valence-corrected chi connectivity index (χ3v) is 7.24. The Morgan fingerprint density at radius 2 is 2.00 bits per heavy atom. The number of aromatic hydroxyl groups is 1. The van der Waals surface area contributed by atoms with E-state index in [0.717, 1.165) is 47.8 Å². The second kappa shape index (κ2) is 9.76. The molecule has 0 spiro atoms. The molecular formula is C27H30BrN5O. The molecule has 0 amide bonds. The smallest absolute Gasteiger partial charge is 0.172 e. The van der Waals surface area contributed by atoms with Gasteiger partial charge in [0.05, 0.1) is 16.4 Å². The van der Waals surface area contributed by atoms with Crippen LogP contribution >= 0.6 is 15.9 Å². The van der Waals surface area contributed by atoms with Crippen molar-refractivity contribution in [1.82, 2.24) is 19.5 Å².